The summed E-state index contributed by atoms with van der Waals surface area (Å²) < 4.78 is 22.8. The maximum Gasteiger partial charge on any atom is 0.301 e. The summed E-state index contributed by atoms with van der Waals surface area (Å²) in [5.41, 5.74) is 10.1. The molecule has 3 unspecified atom stereocenters. The molecule has 1 fully saturated rings. The van der Waals surface area contributed by atoms with E-state index in [2.05, 4.69) is 147 Å². The minimum Gasteiger partial charge on any atom is -0.342 e. The Hall–Kier alpha value is -6.03. The van der Waals surface area contributed by atoms with Crippen LogP contribution in [0.2, 0.25) is 0 Å². The number of aromatic nitrogens is 2. The third-order valence-corrected chi connectivity index (χ3v) is 14.7. The molecule has 53 heavy (non-hydrogen) atoms. The normalized spacial score (nSPS) is 19.4. The highest BCUT2D eigenvalue weighted by molar-refractivity contribution is 7.73. The predicted octanol–water partition coefficient (Wildman–Crippen LogP) is 12.0. The lowest BCUT2D eigenvalue weighted by atomic mass is 9.73. The van der Waals surface area contributed by atoms with Gasteiger partial charge in [0.25, 0.3) is 0 Å². The second-order valence-corrected chi connectivity index (χ2v) is 16.9. The monoisotopic (exact) mass is 704 g/mol. The number of benzene rings is 7. The Morgan fingerprint density at radius 1 is 0.585 bits per heavy atom. The smallest absolute Gasteiger partial charge is 0.301 e. The van der Waals surface area contributed by atoms with Crippen molar-refractivity contribution < 1.29 is 4.57 Å². The Balaban J connectivity index is 1.18. The molecule has 2 aromatic heterocycles. The molecule has 0 amide bonds. The van der Waals surface area contributed by atoms with Crippen molar-refractivity contribution in [2.45, 2.75) is 24.8 Å². The fourth-order valence-electron chi connectivity index (χ4n) is 9.35. The van der Waals surface area contributed by atoms with Crippen LogP contribution in [0.15, 0.2) is 170 Å². The zero-order chi connectivity index (χ0) is 35.3. The van der Waals surface area contributed by atoms with E-state index < -0.39 is 7.44 Å². The Bertz CT molecular complexity index is 2900. The van der Waals surface area contributed by atoms with Crippen LogP contribution in [0, 0.1) is 0 Å². The quantitative estimate of drug-likeness (QED) is 0.162. The highest BCUT2D eigenvalue weighted by atomic mass is 31.2. The minimum atomic E-state index is -3.42. The topological polar surface area (TPSA) is 33.4 Å². The van der Waals surface area contributed by atoms with E-state index in [1.54, 1.807) is 0 Å². The van der Waals surface area contributed by atoms with Crippen molar-refractivity contribution in [2.24, 2.45) is 7.05 Å². The third-order valence-electron chi connectivity index (χ3n) is 11.8. The van der Waals surface area contributed by atoms with E-state index in [0.717, 1.165) is 50.3 Å². The predicted molar refractivity (Wildman–Crippen MR) is 222 cm³/mol. The summed E-state index contributed by atoms with van der Waals surface area (Å²) in [6.45, 7) is 0. The first-order valence-electron chi connectivity index (χ1n) is 18.5. The van der Waals surface area contributed by atoms with Gasteiger partial charge in [-0.15, -0.1) is 0 Å². The van der Waals surface area contributed by atoms with Crippen molar-refractivity contribution in [3.63, 3.8) is 0 Å². The molecule has 2 aliphatic rings. The van der Waals surface area contributed by atoms with Crippen molar-refractivity contribution in [1.29, 1.82) is 0 Å². The van der Waals surface area contributed by atoms with Crippen molar-refractivity contribution in [3.8, 4) is 0 Å². The first kappa shape index (κ1) is 30.6. The molecule has 1 aliphatic carbocycles. The Morgan fingerprint density at radius 3 is 1.89 bits per heavy atom. The number of nitrogens with zero attached hydrogens (tertiary/aromatic N) is 4. The van der Waals surface area contributed by atoms with Gasteiger partial charge in [-0.2, -0.15) is 0 Å². The molecule has 0 saturated heterocycles. The fourth-order valence-corrected chi connectivity index (χ4v) is 12.4. The van der Waals surface area contributed by atoms with Crippen LogP contribution in [-0.4, -0.2) is 14.9 Å². The number of anilines is 4. The van der Waals surface area contributed by atoms with Crippen LogP contribution in [0.1, 0.15) is 24.3 Å². The number of aryl methyl sites for hydroxylation is 1. The number of fused-ring (bicyclic) bond motifs is 6. The maximum atomic E-state index is 16.2. The van der Waals surface area contributed by atoms with Crippen molar-refractivity contribution >= 4 is 79.1 Å². The number of hydrogen-bond acceptors (Lipinski definition) is 2. The van der Waals surface area contributed by atoms with Crippen molar-refractivity contribution in [3.05, 3.63) is 175 Å². The standard InChI is InChI=1S/C47H37N4OP/c1-48-44-30-40-38-25-15-27-43-47(38)51(53(52,35-22-12-5-13-23-35)50(43)34-20-10-4-11-21-34)45(40)31-39(44)37-24-14-26-42(46(37)48)49(33-18-8-3-9-19-33)41-29-28-36(41)32-16-6-2-7-17-32/h2-27,30-31,36,41H,28-29H2,1H3. The molecule has 3 heterocycles. The zero-order valence-electron chi connectivity index (χ0n) is 29.4. The molecule has 11 rings (SSSR count). The summed E-state index contributed by atoms with van der Waals surface area (Å²) in [7, 11) is -1.21. The fraction of sp³-hybridized carbons (Fsp3) is 0.106. The summed E-state index contributed by atoms with van der Waals surface area (Å²) >= 11 is 0. The summed E-state index contributed by atoms with van der Waals surface area (Å²) in [6.07, 6.45) is 2.30. The summed E-state index contributed by atoms with van der Waals surface area (Å²) in [5, 5.41) is 5.41. The number of rotatable bonds is 6. The summed E-state index contributed by atoms with van der Waals surface area (Å²) in [6, 6.07) is 60.3. The van der Waals surface area contributed by atoms with Gasteiger partial charge in [0.1, 0.15) is 0 Å². The van der Waals surface area contributed by atoms with Crippen LogP contribution in [0.4, 0.5) is 22.7 Å². The molecule has 0 radical (unpaired) electrons. The van der Waals surface area contributed by atoms with Gasteiger partial charge >= 0.3 is 7.44 Å². The second kappa shape index (κ2) is 11.5. The van der Waals surface area contributed by atoms with E-state index in [-0.39, 0.29) is 0 Å². The lowest BCUT2D eigenvalue weighted by Crippen LogP contribution is -2.43. The molecule has 6 heteroatoms. The Kier molecular flexibility index (Phi) is 6.63. The van der Waals surface area contributed by atoms with E-state index in [9.17, 15) is 0 Å². The first-order valence-corrected chi connectivity index (χ1v) is 20.1. The molecule has 0 spiro atoms. The van der Waals surface area contributed by atoms with Crippen LogP contribution in [0.3, 0.4) is 0 Å². The Morgan fingerprint density at radius 2 is 1.19 bits per heavy atom. The Labute approximate surface area is 308 Å². The molecule has 7 aromatic carbocycles. The van der Waals surface area contributed by atoms with Gasteiger partial charge in [-0.25, -0.2) is 0 Å². The number of para-hydroxylation sites is 4. The van der Waals surface area contributed by atoms with E-state index in [0.29, 0.717) is 12.0 Å². The van der Waals surface area contributed by atoms with Gasteiger partial charge in [0.2, 0.25) is 0 Å². The average molecular weight is 705 g/mol. The molecule has 1 aliphatic heterocycles. The molecule has 256 valence electrons. The van der Waals surface area contributed by atoms with Crippen LogP contribution in [0.5, 0.6) is 0 Å². The van der Waals surface area contributed by atoms with Gasteiger partial charge in [-0.3, -0.25) is 13.6 Å². The van der Waals surface area contributed by atoms with E-state index >= 15 is 4.57 Å². The van der Waals surface area contributed by atoms with Gasteiger partial charge in [-0.05, 0) is 79.1 Å². The molecular formula is C47H37N4OP. The number of hydrogen-bond donors (Lipinski definition) is 0. The van der Waals surface area contributed by atoms with Crippen LogP contribution >= 0.6 is 7.44 Å². The zero-order valence-corrected chi connectivity index (χ0v) is 30.3. The molecule has 0 bridgehead atoms. The van der Waals surface area contributed by atoms with Gasteiger partial charge < -0.3 is 9.47 Å². The molecular weight excluding hydrogens is 668 g/mol. The summed E-state index contributed by atoms with van der Waals surface area (Å²) in [5.74, 6) is 0.450. The lowest BCUT2D eigenvalue weighted by Gasteiger charge is -2.46. The van der Waals surface area contributed by atoms with Crippen LogP contribution in [-0.2, 0) is 11.6 Å². The van der Waals surface area contributed by atoms with Gasteiger partial charge in [0.05, 0.1) is 33.2 Å². The van der Waals surface area contributed by atoms with Gasteiger partial charge in [-0.1, -0.05) is 109 Å². The van der Waals surface area contributed by atoms with Crippen molar-refractivity contribution in [2.75, 3.05) is 9.57 Å². The third kappa shape index (κ3) is 4.23. The lowest BCUT2D eigenvalue weighted by molar-refractivity contribution is 0.343. The molecule has 3 atom stereocenters. The molecule has 1 saturated carbocycles. The second-order valence-electron chi connectivity index (χ2n) is 14.5. The van der Waals surface area contributed by atoms with E-state index in [1.165, 1.54) is 39.8 Å². The molecule has 0 N–H and O–H groups in total. The van der Waals surface area contributed by atoms with Crippen LogP contribution in [0.25, 0.3) is 43.6 Å². The molecule has 9 aromatic rings. The maximum absolute atomic E-state index is 16.2. The minimum absolute atomic E-state index is 0.337. The van der Waals surface area contributed by atoms with Gasteiger partial charge in [0.15, 0.2) is 0 Å². The van der Waals surface area contributed by atoms with Gasteiger partial charge in [0, 0.05) is 57.4 Å². The molecule has 5 nitrogen and oxygen atoms in total. The SMILES string of the molecule is Cn1c2cc3c4cccc5c4n(c3cc2c2cccc(N(c3ccccc3)C3CCC3c3ccccc3)c21)P(=O)(c1ccccc1)N5c1ccccc1. The van der Waals surface area contributed by atoms with E-state index in [1.807, 2.05) is 48.5 Å². The average Bonchev–Trinajstić information content (AvgIpc) is 3.79. The first-order chi connectivity index (χ1) is 26.1. The van der Waals surface area contributed by atoms with E-state index in [4.69, 9.17) is 0 Å². The summed E-state index contributed by atoms with van der Waals surface area (Å²) in [4.78, 5) is 2.60. The highest BCUT2D eigenvalue weighted by Crippen LogP contribution is 2.66. The van der Waals surface area contributed by atoms with Crippen molar-refractivity contribution in [1.82, 2.24) is 8.90 Å². The highest BCUT2D eigenvalue weighted by Gasteiger charge is 2.45. The van der Waals surface area contributed by atoms with Crippen LogP contribution < -0.4 is 14.9 Å². The largest absolute Gasteiger partial charge is 0.342 e.